The van der Waals surface area contributed by atoms with Gasteiger partial charge in [-0.15, -0.1) is 22.7 Å². The van der Waals surface area contributed by atoms with Crippen LogP contribution < -0.4 is 5.32 Å². The number of aryl methyl sites for hydroxylation is 1. The minimum absolute atomic E-state index is 0.0528. The summed E-state index contributed by atoms with van der Waals surface area (Å²) in [5.74, 6) is -0.809. The molecule has 1 amide bonds. The Balaban J connectivity index is 1.71. The average molecular weight is 363 g/mol. The predicted molar refractivity (Wildman–Crippen MR) is 94.1 cm³/mol. The average Bonchev–Trinajstić information content (AvgIpc) is 3.19. The van der Waals surface area contributed by atoms with Crippen LogP contribution in [0.2, 0.25) is 0 Å². The number of nitrogens with one attached hydrogen (secondary N) is 1. The summed E-state index contributed by atoms with van der Waals surface area (Å²) in [5, 5.41) is 5.13. The van der Waals surface area contributed by atoms with Crippen molar-refractivity contribution in [2.45, 2.75) is 26.7 Å². The summed E-state index contributed by atoms with van der Waals surface area (Å²) < 4.78 is 5.18. The SMILES string of the molecule is Cc1sc(NC(=O)C2CC2)c(C(=O)OCC(=O)c2cccs2)c1C. The Morgan fingerprint density at radius 2 is 2.04 bits per heavy atom. The molecule has 2 heterocycles. The van der Waals surface area contributed by atoms with E-state index in [1.165, 1.54) is 22.7 Å². The van der Waals surface area contributed by atoms with Gasteiger partial charge in [0.25, 0.3) is 0 Å². The molecule has 126 valence electrons. The molecular weight excluding hydrogens is 346 g/mol. The van der Waals surface area contributed by atoms with Crippen molar-refractivity contribution < 1.29 is 19.1 Å². The van der Waals surface area contributed by atoms with Crippen molar-refractivity contribution in [2.75, 3.05) is 11.9 Å². The van der Waals surface area contributed by atoms with E-state index in [0.717, 1.165) is 23.3 Å². The Kier molecular flexibility index (Phi) is 4.82. The lowest BCUT2D eigenvalue weighted by atomic mass is 10.1. The van der Waals surface area contributed by atoms with Crippen LogP contribution in [0.25, 0.3) is 0 Å². The Morgan fingerprint density at radius 1 is 1.29 bits per heavy atom. The lowest BCUT2D eigenvalue weighted by molar-refractivity contribution is -0.117. The molecule has 0 bridgehead atoms. The van der Waals surface area contributed by atoms with Gasteiger partial charge in [0.2, 0.25) is 11.7 Å². The summed E-state index contributed by atoms with van der Waals surface area (Å²) in [6.07, 6.45) is 1.79. The third-order valence-corrected chi connectivity index (χ3v) is 5.94. The van der Waals surface area contributed by atoms with Crippen LogP contribution in [0.5, 0.6) is 0 Å². The Bertz CT molecular complexity index is 788. The fourth-order valence-electron chi connectivity index (χ4n) is 2.23. The molecule has 0 radical (unpaired) electrons. The number of anilines is 1. The van der Waals surface area contributed by atoms with Gasteiger partial charge in [0, 0.05) is 10.8 Å². The number of carbonyl (C=O) groups excluding carboxylic acids is 3. The first-order valence-corrected chi connectivity index (χ1v) is 9.31. The van der Waals surface area contributed by atoms with Crippen LogP contribution >= 0.6 is 22.7 Å². The lowest BCUT2D eigenvalue weighted by Gasteiger charge is -2.07. The number of hydrogen-bond donors (Lipinski definition) is 1. The molecule has 1 aliphatic rings. The van der Waals surface area contributed by atoms with Gasteiger partial charge in [-0.3, -0.25) is 9.59 Å². The molecule has 5 nitrogen and oxygen atoms in total. The fraction of sp³-hybridized carbons (Fsp3) is 0.353. The quantitative estimate of drug-likeness (QED) is 0.626. The van der Waals surface area contributed by atoms with Crippen molar-refractivity contribution in [3.8, 4) is 0 Å². The molecular formula is C17H17NO4S2. The second kappa shape index (κ2) is 6.86. The number of ketones is 1. The van der Waals surface area contributed by atoms with E-state index in [4.69, 9.17) is 4.74 Å². The predicted octanol–water partition coefficient (Wildman–Crippen LogP) is 3.81. The lowest BCUT2D eigenvalue weighted by Crippen LogP contribution is -2.18. The topological polar surface area (TPSA) is 72.5 Å². The van der Waals surface area contributed by atoms with Gasteiger partial charge in [0.1, 0.15) is 5.00 Å². The number of thiophene rings is 2. The monoisotopic (exact) mass is 363 g/mol. The van der Waals surface area contributed by atoms with Gasteiger partial charge in [-0.05, 0) is 43.7 Å². The molecule has 0 aliphatic heterocycles. The van der Waals surface area contributed by atoms with E-state index < -0.39 is 5.97 Å². The maximum atomic E-state index is 12.4. The molecule has 2 aromatic rings. The third-order valence-electron chi connectivity index (χ3n) is 3.90. The Hall–Kier alpha value is -1.99. The van der Waals surface area contributed by atoms with E-state index in [1.807, 2.05) is 13.8 Å². The van der Waals surface area contributed by atoms with Crippen molar-refractivity contribution in [2.24, 2.45) is 5.92 Å². The zero-order valence-corrected chi connectivity index (χ0v) is 15.0. The fourth-order valence-corrected chi connectivity index (χ4v) is 3.93. The molecule has 0 aromatic carbocycles. The minimum Gasteiger partial charge on any atom is -0.454 e. The highest BCUT2D eigenvalue weighted by Crippen LogP contribution is 2.36. The van der Waals surface area contributed by atoms with Gasteiger partial charge in [0.15, 0.2) is 6.61 Å². The molecule has 3 rings (SSSR count). The molecule has 2 aromatic heterocycles. The Morgan fingerprint density at radius 3 is 2.67 bits per heavy atom. The molecule has 1 aliphatic carbocycles. The van der Waals surface area contributed by atoms with E-state index >= 15 is 0 Å². The summed E-state index contributed by atoms with van der Waals surface area (Å²) in [4.78, 5) is 37.9. The third kappa shape index (κ3) is 3.57. The van der Waals surface area contributed by atoms with Crippen molar-refractivity contribution in [1.29, 1.82) is 0 Å². The number of hydrogen-bond acceptors (Lipinski definition) is 6. The number of carbonyl (C=O) groups is 3. The molecule has 0 saturated heterocycles. The first kappa shape index (κ1) is 16.9. The second-order valence-corrected chi connectivity index (χ2v) is 7.90. The van der Waals surface area contributed by atoms with Crippen molar-refractivity contribution in [3.63, 3.8) is 0 Å². The normalized spacial score (nSPS) is 13.6. The van der Waals surface area contributed by atoms with E-state index in [9.17, 15) is 14.4 Å². The first-order chi connectivity index (χ1) is 11.5. The van der Waals surface area contributed by atoms with E-state index in [2.05, 4.69) is 5.32 Å². The number of rotatable bonds is 6. The van der Waals surface area contributed by atoms with Crippen LogP contribution in [-0.2, 0) is 9.53 Å². The zero-order valence-electron chi connectivity index (χ0n) is 13.4. The summed E-state index contributed by atoms with van der Waals surface area (Å²) in [6, 6.07) is 3.47. The first-order valence-electron chi connectivity index (χ1n) is 7.62. The smallest absolute Gasteiger partial charge is 0.341 e. The molecule has 1 fully saturated rings. The highest BCUT2D eigenvalue weighted by atomic mass is 32.1. The summed E-state index contributed by atoms with van der Waals surface area (Å²) >= 11 is 2.67. The second-order valence-electron chi connectivity index (χ2n) is 5.73. The van der Waals surface area contributed by atoms with Crippen LogP contribution in [0.4, 0.5) is 5.00 Å². The van der Waals surface area contributed by atoms with E-state index in [-0.39, 0.29) is 24.2 Å². The van der Waals surface area contributed by atoms with Crippen molar-refractivity contribution >= 4 is 45.3 Å². The summed E-state index contributed by atoms with van der Waals surface area (Å²) in [5.41, 5.74) is 1.13. The van der Waals surface area contributed by atoms with E-state index in [1.54, 1.807) is 17.5 Å². The van der Waals surface area contributed by atoms with Crippen LogP contribution in [0.3, 0.4) is 0 Å². The maximum Gasteiger partial charge on any atom is 0.341 e. The highest BCUT2D eigenvalue weighted by molar-refractivity contribution is 7.16. The standard InChI is InChI=1S/C17H17NO4S2/c1-9-10(2)24-16(18-15(20)11-5-6-11)14(9)17(21)22-8-12(19)13-4-3-7-23-13/h3-4,7,11H,5-6,8H2,1-2H3,(H,18,20). The number of Topliss-reactive ketones (excluding diaryl/α,β-unsaturated/α-hetero) is 1. The van der Waals surface area contributed by atoms with Gasteiger partial charge < -0.3 is 10.1 Å². The number of amides is 1. The van der Waals surface area contributed by atoms with Gasteiger partial charge in [-0.25, -0.2) is 4.79 Å². The van der Waals surface area contributed by atoms with Crippen LogP contribution in [-0.4, -0.2) is 24.3 Å². The molecule has 0 atom stereocenters. The molecule has 1 N–H and O–H groups in total. The molecule has 7 heteroatoms. The minimum atomic E-state index is -0.576. The van der Waals surface area contributed by atoms with Crippen LogP contribution in [0.1, 0.15) is 43.3 Å². The number of esters is 1. The largest absolute Gasteiger partial charge is 0.454 e. The van der Waals surface area contributed by atoms with Crippen LogP contribution in [0.15, 0.2) is 17.5 Å². The van der Waals surface area contributed by atoms with Gasteiger partial charge in [-0.1, -0.05) is 6.07 Å². The Labute approximate surface area is 147 Å². The maximum absolute atomic E-state index is 12.4. The van der Waals surface area contributed by atoms with E-state index in [0.29, 0.717) is 15.4 Å². The van der Waals surface area contributed by atoms with Crippen LogP contribution in [0, 0.1) is 19.8 Å². The number of ether oxygens (including phenoxy) is 1. The summed E-state index contributed by atoms with van der Waals surface area (Å²) in [7, 11) is 0. The molecule has 0 spiro atoms. The van der Waals surface area contributed by atoms with Gasteiger partial charge in [-0.2, -0.15) is 0 Å². The van der Waals surface area contributed by atoms with Gasteiger partial charge >= 0.3 is 5.97 Å². The summed E-state index contributed by atoms with van der Waals surface area (Å²) in [6.45, 7) is 3.40. The van der Waals surface area contributed by atoms with Crippen molar-refractivity contribution in [3.05, 3.63) is 38.4 Å². The zero-order chi connectivity index (χ0) is 17.3. The molecule has 0 unspecified atom stereocenters. The molecule has 24 heavy (non-hydrogen) atoms. The molecule has 1 saturated carbocycles. The van der Waals surface area contributed by atoms with Crippen molar-refractivity contribution in [1.82, 2.24) is 0 Å². The highest BCUT2D eigenvalue weighted by Gasteiger charge is 2.31. The van der Waals surface area contributed by atoms with Gasteiger partial charge in [0.05, 0.1) is 10.4 Å².